The molecule has 0 spiro atoms. The van der Waals surface area contributed by atoms with Crippen LogP contribution in [0.15, 0.2) is 54.6 Å². The molecular formula is C17H16N4O. The van der Waals surface area contributed by atoms with Gasteiger partial charge in [-0.25, -0.2) is 9.67 Å². The van der Waals surface area contributed by atoms with Crippen LogP contribution in [-0.4, -0.2) is 20.7 Å². The molecule has 0 unspecified atom stereocenters. The summed E-state index contributed by atoms with van der Waals surface area (Å²) in [5.41, 5.74) is 7.79. The number of hydrogen-bond acceptors (Lipinski definition) is 3. The van der Waals surface area contributed by atoms with E-state index in [0.717, 1.165) is 17.0 Å². The van der Waals surface area contributed by atoms with Crippen LogP contribution in [0.25, 0.3) is 11.4 Å². The molecule has 0 radical (unpaired) electrons. The van der Waals surface area contributed by atoms with Crippen LogP contribution in [0.1, 0.15) is 21.7 Å². The van der Waals surface area contributed by atoms with Crippen molar-refractivity contribution in [1.82, 2.24) is 14.8 Å². The third-order valence-corrected chi connectivity index (χ3v) is 3.35. The van der Waals surface area contributed by atoms with Crippen LogP contribution >= 0.6 is 0 Å². The summed E-state index contributed by atoms with van der Waals surface area (Å²) in [6.45, 7) is 2.40. The lowest BCUT2D eigenvalue weighted by Gasteiger charge is -2.07. The first-order valence-corrected chi connectivity index (χ1v) is 6.99. The fourth-order valence-electron chi connectivity index (χ4n) is 2.36. The summed E-state index contributed by atoms with van der Waals surface area (Å²) < 4.78 is 1.84. The average Bonchev–Trinajstić information content (AvgIpc) is 2.89. The molecule has 110 valence electrons. The van der Waals surface area contributed by atoms with Crippen LogP contribution < -0.4 is 5.73 Å². The smallest absolute Gasteiger partial charge is 0.248 e. The first-order chi connectivity index (χ1) is 10.6. The molecule has 0 saturated carbocycles. The van der Waals surface area contributed by atoms with Gasteiger partial charge in [-0.3, -0.25) is 4.79 Å². The Morgan fingerprint density at radius 2 is 1.91 bits per heavy atom. The van der Waals surface area contributed by atoms with E-state index in [1.807, 2.05) is 54.1 Å². The number of carbonyl (C=O) groups is 1. The number of nitrogens with zero attached hydrogens (tertiary/aromatic N) is 3. The maximum absolute atomic E-state index is 11.3. The summed E-state index contributed by atoms with van der Waals surface area (Å²) in [4.78, 5) is 15.8. The summed E-state index contributed by atoms with van der Waals surface area (Å²) in [6, 6.07) is 17.2. The molecule has 3 rings (SSSR count). The molecule has 0 bridgehead atoms. The number of aryl methyl sites for hydroxylation is 1. The fourth-order valence-corrected chi connectivity index (χ4v) is 2.36. The fraction of sp³-hybridized carbons (Fsp3) is 0.118. The molecule has 0 aliphatic rings. The number of aromatic nitrogens is 3. The Bertz CT molecular complexity index is 809. The second-order valence-electron chi connectivity index (χ2n) is 5.07. The first kappa shape index (κ1) is 14.0. The lowest BCUT2D eigenvalue weighted by atomic mass is 10.1. The molecule has 1 amide bonds. The predicted octanol–water partition coefficient (Wildman–Crippen LogP) is 2.40. The highest BCUT2D eigenvalue weighted by Gasteiger charge is 2.10. The normalized spacial score (nSPS) is 10.6. The van der Waals surface area contributed by atoms with E-state index in [2.05, 4.69) is 10.1 Å². The van der Waals surface area contributed by atoms with E-state index < -0.39 is 5.91 Å². The number of hydrogen-bond donors (Lipinski definition) is 1. The second-order valence-corrected chi connectivity index (χ2v) is 5.07. The molecule has 22 heavy (non-hydrogen) atoms. The van der Waals surface area contributed by atoms with E-state index in [0.29, 0.717) is 17.9 Å². The maximum atomic E-state index is 11.3. The summed E-state index contributed by atoms with van der Waals surface area (Å²) in [7, 11) is 0. The van der Waals surface area contributed by atoms with E-state index in [9.17, 15) is 4.79 Å². The van der Waals surface area contributed by atoms with Gasteiger partial charge in [0.15, 0.2) is 5.82 Å². The maximum Gasteiger partial charge on any atom is 0.248 e. The van der Waals surface area contributed by atoms with E-state index in [-0.39, 0.29) is 0 Å². The zero-order valence-electron chi connectivity index (χ0n) is 12.2. The minimum absolute atomic E-state index is 0.431. The van der Waals surface area contributed by atoms with Crippen LogP contribution in [0.3, 0.4) is 0 Å². The van der Waals surface area contributed by atoms with Crippen molar-refractivity contribution in [3.8, 4) is 11.4 Å². The highest BCUT2D eigenvalue weighted by atomic mass is 16.1. The first-order valence-electron chi connectivity index (χ1n) is 6.99. The van der Waals surface area contributed by atoms with Gasteiger partial charge >= 0.3 is 0 Å². The average molecular weight is 292 g/mol. The molecule has 5 heteroatoms. The Balaban J connectivity index is 1.96. The number of benzene rings is 2. The summed E-state index contributed by atoms with van der Waals surface area (Å²) in [5, 5.41) is 4.45. The van der Waals surface area contributed by atoms with Crippen LogP contribution in [0.5, 0.6) is 0 Å². The van der Waals surface area contributed by atoms with Crippen LogP contribution in [0.4, 0.5) is 0 Å². The van der Waals surface area contributed by atoms with E-state index in [1.165, 1.54) is 0 Å². The van der Waals surface area contributed by atoms with Gasteiger partial charge in [-0.2, -0.15) is 5.10 Å². The molecule has 0 aliphatic heterocycles. The van der Waals surface area contributed by atoms with Gasteiger partial charge in [0, 0.05) is 11.1 Å². The van der Waals surface area contributed by atoms with Gasteiger partial charge < -0.3 is 5.73 Å². The Morgan fingerprint density at radius 3 is 2.64 bits per heavy atom. The number of carbonyl (C=O) groups excluding carboxylic acids is 1. The Kier molecular flexibility index (Phi) is 3.70. The highest BCUT2D eigenvalue weighted by Crippen LogP contribution is 2.18. The predicted molar refractivity (Wildman–Crippen MR) is 84.3 cm³/mol. The minimum atomic E-state index is -0.431. The van der Waals surface area contributed by atoms with Gasteiger partial charge in [0.25, 0.3) is 0 Å². The lowest BCUT2D eigenvalue weighted by Crippen LogP contribution is -2.12. The van der Waals surface area contributed by atoms with Gasteiger partial charge in [-0.05, 0) is 24.6 Å². The van der Waals surface area contributed by atoms with Gasteiger partial charge in [0.2, 0.25) is 5.91 Å². The molecule has 5 nitrogen and oxygen atoms in total. The largest absolute Gasteiger partial charge is 0.366 e. The zero-order chi connectivity index (χ0) is 15.5. The Labute approximate surface area is 128 Å². The number of nitrogens with two attached hydrogens (primary N) is 1. The number of primary amides is 1. The third-order valence-electron chi connectivity index (χ3n) is 3.35. The molecule has 2 N–H and O–H groups in total. The summed E-state index contributed by atoms with van der Waals surface area (Å²) >= 11 is 0. The van der Waals surface area contributed by atoms with Gasteiger partial charge in [-0.15, -0.1) is 0 Å². The van der Waals surface area contributed by atoms with Gasteiger partial charge in [0.1, 0.15) is 5.82 Å². The highest BCUT2D eigenvalue weighted by molar-refractivity contribution is 5.92. The number of rotatable bonds is 4. The van der Waals surface area contributed by atoms with Gasteiger partial charge in [0.05, 0.1) is 6.54 Å². The van der Waals surface area contributed by atoms with Gasteiger partial charge in [-0.1, -0.05) is 42.5 Å². The van der Waals surface area contributed by atoms with Crippen molar-refractivity contribution in [1.29, 1.82) is 0 Å². The molecule has 1 heterocycles. The van der Waals surface area contributed by atoms with Crippen LogP contribution in [0.2, 0.25) is 0 Å². The molecule has 0 fully saturated rings. The quantitative estimate of drug-likeness (QED) is 0.802. The molecule has 3 aromatic rings. The Hall–Kier alpha value is -2.95. The minimum Gasteiger partial charge on any atom is -0.366 e. The van der Waals surface area contributed by atoms with Crippen molar-refractivity contribution >= 4 is 5.91 Å². The van der Waals surface area contributed by atoms with Crippen molar-refractivity contribution in [2.45, 2.75) is 13.5 Å². The van der Waals surface area contributed by atoms with Crippen molar-refractivity contribution in [2.24, 2.45) is 5.73 Å². The van der Waals surface area contributed by atoms with Crippen molar-refractivity contribution in [2.75, 3.05) is 0 Å². The van der Waals surface area contributed by atoms with E-state index in [1.54, 1.807) is 12.1 Å². The topological polar surface area (TPSA) is 73.8 Å². The second kappa shape index (κ2) is 5.81. The Morgan fingerprint density at radius 1 is 1.14 bits per heavy atom. The van der Waals surface area contributed by atoms with Crippen molar-refractivity contribution in [3.63, 3.8) is 0 Å². The third kappa shape index (κ3) is 2.88. The standard InChI is InChI=1S/C17H16N4O/c1-12-19-17(14-7-3-2-4-8-14)21(20-12)11-13-6-5-9-15(10-13)16(18)22/h2-10H,11H2,1H3,(H2,18,22). The van der Waals surface area contributed by atoms with E-state index in [4.69, 9.17) is 5.73 Å². The molecule has 0 aliphatic carbocycles. The zero-order valence-corrected chi connectivity index (χ0v) is 12.2. The summed E-state index contributed by atoms with van der Waals surface area (Å²) in [6.07, 6.45) is 0. The number of amides is 1. The molecule has 1 aromatic heterocycles. The molecule has 0 saturated heterocycles. The van der Waals surface area contributed by atoms with Crippen LogP contribution in [-0.2, 0) is 6.54 Å². The summed E-state index contributed by atoms with van der Waals surface area (Å²) in [5.74, 6) is 1.09. The lowest BCUT2D eigenvalue weighted by molar-refractivity contribution is 0.1000. The monoisotopic (exact) mass is 292 g/mol. The molecule has 2 aromatic carbocycles. The van der Waals surface area contributed by atoms with Crippen molar-refractivity contribution < 1.29 is 4.79 Å². The molecule has 0 atom stereocenters. The van der Waals surface area contributed by atoms with Crippen LogP contribution in [0, 0.1) is 6.92 Å². The molecular weight excluding hydrogens is 276 g/mol. The van der Waals surface area contributed by atoms with Crippen molar-refractivity contribution in [3.05, 3.63) is 71.5 Å². The SMILES string of the molecule is Cc1nc(-c2ccccc2)n(Cc2cccc(C(N)=O)c2)n1. The van der Waals surface area contributed by atoms with E-state index >= 15 is 0 Å².